The van der Waals surface area contributed by atoms with Gasteiger partial charge >= 0.3 is 0 Å². The van der Waals surface area contributed by atoms with E-state index in [2.05, 4.69) is 58.0 Å². The molecular formula is C56H98I2N2O30. The van der Waals surface area contributed by atoms with Crippen LogP contribution in [0.25, 0.3) is 0 Å². The average Bonchev–Trinajstić information content (AvgIpc) is 0.834. The van der Waals surface area contributed by atoms with Gasteiger partial charge in [-0.3, -0.25) is 0 Å². The summed E-state index contributed by atoms with van der Waals surface area (Å²) < 4.78 is 71.3. The Morgan fingerprint density at radius 1 is 0.311 bits per heavy atom. The molecule has 22 aliphatic heterocycles. The molecule has 0 unspecified atom stereocenters. The highest BCUT2D eigenvalue weighted by Crippen LogP contribution is 2.38. The first kappa shape index (κ1) is 80.1. The Hall–Kier alpha value is -0.630. The molecule has 1 aromatic rings. The van der Waals surface area contributed by atoms with E-state index in [0.717, 1.165) is 4.48 Å². The zero-order valence-electron chi connectivity index (χ0n) is 51.0. The van der Waals surface area contributed by atoms with Crippen LogP contribution < -0.4 is 52.5 Å². The molecule has 12 bridgehead atoms. The SMILES string of the molecule is Cc1cc(C)c[n+](CCCCCCCCCC[N+](C)(C)C)c1.OC[C@H]1O[C@@H]2O[C@H]3[C@H](O)[C@@H](O)[C@@H](O[C@H]4[C@H](O)[C@@H](O)[C@@H](O[C@H]5[C@H](O)[C@@H](O)[C@@H](O[C@H]6[C@H](O)[C@@H](O)[C@@H](O[C@H]7[C@H](O)[C@@H](O)[C@@H](O[C@H]1[C@H](O)[C@H]2O)O[C@@H]7CO)O[C@@H]6CO)O[C@@H]5CO)O[C@@H]4CO)O[C@@H]3CO.[I-].[I-]. The third-order valence-electron chi connectivity index (χ3n) is 16.9. The molecule has 1 aromatic heterocycles. The number of ether oxygens (including phenoxy) is 12. The lowest BCUT2D eigenvalue weighted by molar-refractivity contribution is -0.870. The van der Waals surface area contributed by atoms with Gasteiger partial charge in [-0.15, -0.1) is 0 Å². The van der Waals surface area contributed by atoms with Crippen molar-refractivity contribution in [3.8, 4) is 0 Å². The minimum absolute atomic E-state index is 0. The summed E-state index contributed by atoms with van der Waals surface area (Å²) in [7, 11) is 6.86. The molecule has 23 rings (SSSR count). The van der Waals surface area contributed by atoms with E-state index in [4.69, 9.17) is 56.8 Å². The van der Waals surface area contributed by atoms with E-state index in [1.165, 1.54) is 75.6 Å². The van der Waals surface area contributed by atoms with Crippen LogP contribution in [0.1, 0.15) is 62.5 Å². The lowest BCUT2D eigenvalue weighted by atomic mass is 9.94. The van der Waals surface area contributed by atoms with Gasteiger partial charge in [0.2, 0.25) is 0 Å². The Balaban J connectivity index is 0.000000521. The highest BCUT2D eigenvalue weighted by atomic mass is 127. The summed E-state index contributed by atoms with van der Waals surface area (Å²) in [6, 6.07) is 2.25. The van der Waals surface area contributed by atoms with Gasteiger partial charge in [0, 0.05) is 17.5 Å². The monoisotopic (exact) mass is 1530 g/mol. The van der Waals surface area contributed by atoms with E-state index in [-0.39, 0.29) is 48.0 Å². The first-order valence-electron chi connectivity index (χ1n) is 30.2. The molecule has 0 spiro atoms. The standard InChI is InChI=1S/C36H60O30.C20H38N2.2HI/c37-1-7-25-13(43)19(49)31(55-7)62-26-8(2-38)57-33(21(51)15(26)45)64-28-10(4-40)59-35(23(53)17(28)47)66-30-12(6-42)60-36(24(54)18(30)48)65-29-11(5-41)58-34(22(52)16(29)46)63-27-9(3-39)56-32(61-25)20(50)14(27)44;1-19-16-20(2)18-21(17-19)14-12-10-8-6-7-9-11-13-15-22(3,4)5;;/h7-54H,1-6H2;16-18H,6-15H2,1-5H3;2*1H/q;+2;;/p-2/t7-,8-,9-,10-,11-,12-,13-,14-,15-,16-,17-,18-,19-,20-,21-,22-,23-,24-,25-,26-,27-,28-,29-,30-,31-,32-,33-,34-,35-,36-;;;/m1.../s1. The Morgan fingerprint density at radius 2 is 0.511 bits per heavy atom. The van der Waals surface area contributed by atoms with Gasteiger partial charge in [0.15, 0.2) is 50.1 Å². The number of pyridine rings is 1. The van der Waals surface area contributed by atoms with E-state index in [1.807, 2.05) is 0 Å². The Labute approximate surface area is 555 Å². The van der Waals surface area contributed by atoms with Gasteiger partial charge in [-0.25, -0.2) is 4.57 Å². The second-order valence-electron chi connectivity index (χ2n) is 24.8. The maximum Gasteiger partial charge on any atom is 0.187 e. The van der Waals surface area contributed by atoms with Crippen molar-refractivity contribution in [1.29, 1.82) is 0 Å². The molecule has 0 aliphatic carbocycles. The Bertz CT molecular complexity index is 1920. The van der Waals surface area contributed by atoms with Crippen molar-refractivity contribution < 1.29 is 206 Å². The second-order valence-corrected chi connectivity index (χ2v) is 24.8. The minimum atomic E-state index is -2.15. The molecule has 90 heavy (non-hydrogen) atoms. The number of aliphatic hydroxyl groups is 18. The molecule has 22 fully saturated rings. The molecule has 22 saturated heterocycles. The summed E-state index contributed by atoms with van der Waals surface area (Å²) in [6.45, 7) is 0.857. The highest BCUT2D eigenvalue weighted by Gasteiger charge is 2.59. The number of hydrogen-bond donors (Lipinski definition) is 18. The van der Waals surface area contributed by atoms with E-state index < -0.39 is 224 Å². The smallest absolute Gasteiger partial charge is 0.187 e. The quantitative estimate of drug-likeness (QED) is 0.0298. The van der Waals surface area contributed by atoms with Gasteiger partial charge in [0.1, 0.15) is 153 Å². The van der Waals surface area contributed by atoms with Gasteiger partial charge in [0.05, 0.1) is 67.3 Å². The number of aliphatic hydroxyl groups excluding tert-OH is 18. The van der Waals surface area contributed by atoms with Crippen LogP contribution in [0.3, 0.4) is 0 Å². The fourth-order valence-corrected chi connectivity index (χ4v) is 12.0. The molecule has 0 amide bonds. The number of halogens is 2. The van der Waals surface area contributed by atoms with E-state index in [9.17, 15) is 91.9 Å². The van der Waals surface area contributed by atoms with Crippen LogP contribution in [0.4, 0.5) is 0 Å². The minimum Gasteiger partial charge on any atom is -1.00 e. The van der Waals surface area contributed by atoms with Crippen molar-refractivity contribution in [1.82, 2.24) is 0 Å². The zero-order valence-corrected chi connectivity index (χ0v) is 55.3. The maximum absolute atomic E-state index is 11.2. The van der Waals surface area contributed by atoms with E-state index in [0.29, 0.717) is 0 Å². The summed E-state index contributed by atoms with van der Waals surface area (Å²) in [6.07, 6.45) is -42.8. The summed E-state index contributed by atoms with van der Waals surface area (Å²) >= 11 is 0. The first-order valence-corrected chi connectivity index (χ1v) is 30.2. The predicted molar refractivity (Wildman–Crippen MR) is 292 cm³/mol. The van der Waals surface area contributed by atoms with Gasteiger partial charge < -0.3 is 201 Å². The lowest BCUT2D eigenvalue weighted by Gasteiger charge is -2.50. The Kier molecular flexibility index (Phi) is 32.7. The summed E-state index contributed by atoms with van der Waals surface area (Å²) in [4.78, 5) is 0. The molecule has 30 atom stereocenters. The maximum atomic E-state index is 11.2. The number of unbranched alkanes of at least 4 members (excludes halogenated alkanes) is 7. The molecule has 0 saturated carbocycles. The van der Waals surface area contributed by atoms with Crippen LogP contribution in [0, 0.1) is 13.8 Å². The van der Waals surface area contributed by atoms with E-state index in [1.54, 1.807) is 0 Å². The fourth-order valence-electron chi connectivity index (χ4n) is 12.0. The van der Waals surface area contributed by atoms with Gasteiger partial charge in [-0.1, -0.05) is 25.7 Å². The van der Waals surface area contributed by atoms with Crippen molar-refractivity contribution >= 4 is 0 Å². The topological polar surface area (TPSA) is 479 Å². The summed E-state index contributed by atoms with van der Waals surface area (Å²) in [5, 5.41) is 196. The lowest BCUT2D eigenvalue weighted by Crippen LogP contribution is -3.00. The number of hydrogen-bond acceptors (Lipinski definition) is 30. The molecule has 32 nitrogen and oxygen atoms in total. The first-order chi connectivity index (χ1) is 41.8. The largest absolute Gasteiger partial charge is 1.00 e. The molecule has 0 aromatic carbocycles. The van der Waals surface area contributed by atoms with Crippen molar-refractivity contribution in [3.63, 3.8) is 0 Å². The average molecular weight is 1530 g/mol. The number of nitrogens with zero attached hydrogens (tertiary/aromatic N) is 2. The van der Waals surface area contributed by atoms with Gasteiger partial charge in [-0.05, 0) is 39.2 Å². The number of aryl methyl sites for hydroxylation is 3. The molecule has 34 heteroatoms. The van der Waals surface area contributed by atoms with Gasteiger partial charge in [-0.2, -0.15) is 0 Å². The van der Waals surface area contributed by atoms with Crippen LogP contribution in [0.15, 0.2) is 18.5 Å². The molecule has 0 radical (unpaired) electrons. The Morgan fingerprint density at radius 3 is 0.711 bits per heavy atom. The fraction of sp³-hybridized carbons (Fsp3) is 0.911. The van der Waals surface area contributed by atoms with Crippen LogP contribution in [0.5, 0.6) is 0 Å². The van der Waals surface area contributed by atoms with Gasteiger partial charge in [0.25, 0.3) is 0 Å². The summed E-state index contributed by atoms with van der Waals surface area (Å²) in [5.74, 6) is 0. The predicted octanol–water partition coefficient (Wildman–Crippen LogP) is -14.6. The molecule has 22 aliphatic rings. The van der Waals surface area contributed by atoms with Crippen molar-refractivity contribution in [2.75, 3.05) is 67.3 Å². The van der Waals surface area contributed by atoms with Crippen molar-refractivity contribution in [3.05, 3.63) is 29.6 Å². The second kappa shape index (κ2) is 36.8. The normalized spacial score (nSPS) is 43.5. The van der Waals surface area contributed by atoms with Crippen LogP contribution in [0.2, 0.25) is 0 Å². The third kappa shape index (κ3) is 19.8. The number of aromatic nitrogens is 1. The molecule has 23 heterocycles. The van der Waals surface area contributed by atoms with E-state index >= 15 is 0 Å². The number of rotatable bonds is 17. The molecular weight excluding hydrogens is 1430 g/mol. The highest BCUT2D eigenvalue weighted by molar-refractivity contribution is 5.11. The van der Waals surface area contributed by atoms with Crippen molar-refractivity contribution in [2.45, 2.75) is 256 Å². The van der Waals surface area contributed by atoms with Crippen LogP contribution in [-0.4, -0.2) is 348 Å². The zero-order chi connectivity index (χ0) is 64.5. The third-order valence-corrected chi connectivity index (χ3v) is 16.9. The van der Waals surface area contributed by atoms with Crippen molar-refractivity contribution in [2.24, 2.45) is 0 Å². The van der Waals surface area contributed by atoms with Crippen LogP contribution >= 0.6 is 0 Å². The molecule has 18 N–H and O–H groups in total. The van der Waals surface area contributed by atoms with Crippen LogP contribution in [-0.2, 0) is 63.4 Å². The molecule has 526 valence electrons. The summed E-state index contributed by atoms with van der Waals surface area (Å²) in [5.41, 5.74) is 2.74. The number of quaternary nitrogens is 1.